The van der Waals surface area contributed by atoms with Gasteiger partial charge in [-0.05, 0) is 103 Å². The Labute approximate surface area is 807 Å². The molecule has 0 aliphatic heterocycles. The highest BCUT2D eigenvalue weighted by Crippen LogP contribution is 2.41. The van der Waals surface area contributed by atoms with Crippen LogP contribution in [0.3, 0.4) is 0 Å². The van der Waals surface area contributed by atoms with E-state index in [0.717, 1.165) is 148 Å². The summed E-state index contributed by atoms with van der Waals surface area (Å²) in [7, 11) is -20.0. The molecule has 0 unspecified atom stereocenters. The molecule has 0 atom stereocenters. The third-order valence-electron chi connectivity index (χ3n) is 26.5. The predicted octanol–water partition coefficient (Wildman–Crippen LogP) is 29.6. The molecule has 16 rings (SSSR count). The number of aromatic amines is 4. The van der Waals surface area contributed by atoms with E-state index in [1.165, 1.54) is 57.0 Å². The summed E-state index contributed by atoms with van der Waals surface area (Å²) in [4.78, 5) is 35.3. The molecule has 22 heteroatoms. The Morgan fingerprint density at radius 3 is 0.515 bits per heavy atom. The smallest absolute Gasteiger partial charge is 0.312 e. The summed E-state index contributed by atoms with van der Waals surface area (Å²) < 4.78 is 28.7. The number of nitrogens with one attached hydrogen (secondary N) is 4. The van der Waals surface area contributed by atoms with Crippen molar-refractivity contribution < 1.29 is 16.5 Å². The fraction of sp³-hybridized carbons (Fsp3) is 0.250. The average molecular weight is 1940 g/mol. The van der Waals surface area contributed by atoms with E-state index in [0.29, 0.717) is 0 Å². The Hall–Kier alpha value is -10.5. The third kappa shape index (κ3) is 25.0. The minimum absolute atomic E-state index is 0.888. The second kappa shape index (κ2) is 41.2. The van der Waals surface area contributed by atoms with Gasteiger partial charge in [-0.1, -0.05) is 437 Å². The largest absolute Gasteiger partial charge is 0.456 e. The van der Waals surface area contributed by atoms with Crippen molar-refractivity contribution >= 4 is 103 Å². The second-order valence-electron chi connectivity index (χ2n) is 42.3. The van der Waals surface area contributed by atoms with Crippen molar-refractivity contribution in [3.8, 4) is 136 Å². The van der Waals surface area contributed by atoms with Crippen LogP contribution < -0.4 is 20.7 Å². The topological polar surface area (TPSA) is 152 Å². The van der Waals surface area contributed by atoms with Gasteiger partial charge in [-0.15, -0.1) is 0 Å². The molecular formula is C112H136N8O4Si10. The second-order valence-corrected chi connectivity index (χ2v) is 86.6. The van der Waals surface area contributed by atoms with Gasteiger partial charge in [-0.25, -0.2) is 19.9 Å². The van der Waals surface area contributed by atoms with E-state index in [9.17, 15) is 0 Å². The monoisotopic (exact) mass is 1940 g/mol. The summed E-state index contributed by atoms with van der Waals surface area (Å²) in [6, 6.07) is 130. The van der Waals surface area contributed by atoms with Crippen molar-refractivity contribution in [1.29, 1.82) is 0 Å². The summed E-state index contributed by atoms with van der Waals surface area (Å²) in [5.41, 5.74) is 21.5. The predicted molar refractivity (Wildman–Crippen MR) is 596 cm³/mol. The molecule has 0 fully saturated rings. The van der Waals surface area contributed by atoms with E-state index in [4.69, 9.17) is 36.4 Å². The molecule has 4 aromatic heterocycles. The van der Waals surface area contributed by atoms with Gasteiger partial charge in [0.25, 0.3) is 0 Å². The molecule has 0 saturated heterocycles. The molecule has 0 radical (unpaired) electrons. The van der Waals surface area contributed by atoms with Crippen molar-refractivity contribution in [3.63, 3.8) is 0 Å². The first-order valence-corrected chi connectivity index (χ1v) is 78.7. The zero-order valence-electron chi connectivity index (χ0n) is 82.4. The maximum atomic E-state index is 7.31. The molecule has 0 aliphatic rings. The summed E-state index contributed by atoms with van der Waals surface area (Å²) in [6.45, 7) is 48.4. The van der Waals surface area contributed by atoms with Crippen molar-refractivity contribution in [2.45, 2.75) is 179 Å². The SMILES string of the molecule is C[Si](C)(CC[Si](C)(C)c1ccc(-c2nc(-c3ccccc3)c(-c3ccccc3)[nH]2)cc1)O[Si](C)(C)CC[Si](C)(C)c1ccc(-c2nc(-c3ccccc3)c(-c3ccccc3)[nH]2)cc1.C[Si](C)(CC[Si](C)(C)c1ccc(-c2nc(-c3ccccc3)c(-c3ccccc3)[nH]2)cc1)O[Si](C)(C)O[Si](C)(C)O[Si](C)(C)CC[Si](C)(C)c1ccc(-c2nc(-c3ccccc3)c(-c3ccccc3)[nH]2)cc1. The standard InChI is InChI=1S/C58H74N4O3Si6.C54H62N4OSi4/c1-66(2,51-37-33-49(34-38-51)57-59-53(45-25-17-13-18-26-45)54(60-57)46-27-19-14-20-28-46)41-43-68(5,6)63-70(9,10)65-71(11,12)64-69(7,8)44-42-67(3,4)52-39-35-50(36-40-52)58-61-55(47-29-21-15-22-30-47)56(62-58)48-31-23-16-24-32-48;1-60(2,47-33-29-45(30-34-47)53-55-49(41-21-13-9-14-22-41)50(56-53)42-23-15-10-16-24-42)37-39-62(5,6)59-63(7,8)40-38-61(3,4)48-35-31-46(32-36-48)54-57-51(43-25-17-11-18-26-43)52(58-54)44-27-19-12-20-28-44/h13-40H,41-44H2,1-12H3,(H,59,60)(H,61,62);9-36H,37-40H2,1-8H3,(H,55,56)(H,57,58). The van der Waals surface area contributed by atoms with Crippen LogP contribution in [-0.2, 0) is 16.5 Å². The maximum Gasteiger partial charge on any atom is 0.312 e. The Morgan fingerprint density at radius 1 is 0.172 bits per heavy atom. The fourth-order valence-electron chi connectivity index (χ4n) is 18.8. The lowest BCUT2D eigenvalue weighted by atomic mass is 10.1. The normalized spacial score (nSPS) is 12.7. The number of rotatable bonds is 36. The van der Waals surface area contributed by atoms with Crippen molar-refractivity contribution in [2.24, 2.45) is 0 Å². The summed E-state index contributed by atoms with van der Waals surface area (Å²) in [5.74, 6) is 3.58. The number of nitrogens with zero attached hydrogens (tertiary/aromatic N) is 4. The lowest BCUT2D eigenvalue weighted by Crippen LogP contribution is -2.57. The quantitative estimate of drug-likeness (QED) is 0.0283. The van der Waals surface area contributed by atoms with E-state index in [1.807, 2.05) is 12.1 Å². The van der Waals surface area contributed by atoms with Gasteiger partial charge in [0.1, 0.15) is 23.3 Å². The van der Waals surface area contributed by atoms with E-state index in [2.05, 4.69) is 478 Å². The first-order valence-electron chi connectivity index (χ1n) is 47.8. The molecule has 16 aromatic rings. The van der Waals surface area contributed by atoms with Gasteiger partial charge >= 0.3 is 17.1 Å². The lowest BCUT2D eigenvalue weighted by Gasteiger charge is -2.42. The van der Waals surface area contributed by atoms with Gasteiger partial charge < -0.3 is 36.4 Å². The molecule has 12 aromatic carbocycles. The number of aromatic nitrogens is 8. The first-order chi connectivity index (χ1) is 63.7. The minimum atomic E-state index is -2.51. The van der Waals surface area contributed by atoms with E-state index in [1.54, 1.807) is 0 Å². The molecule has 12 nitrogen and oxygen atoms in total. The van der Waals surface area contributed by atoms with Crippen LogP contribution in [0.2, 0.25) is 179 Å². The van der Waals surface area contributed by atoms with E-state index < -0.39 is 82.7 Å². The Morgan fingerprint density at radius 2 is 0.336 bits per heavy atom. The molecule has 0 bridgehead atoms. The van der Waals surface area contributed by atoms with Crippen molar-refractivity contribution in [1.82, 2.24) is 39.9 Å². The van der Waals surface area contributed by atoms with Gasteiger partial charge in [-0.2, -0.15) is 0 Å². The zero-order chi connectivity index (χ0) is 94.9. The van der Waals surface area contributed by atoms with Crippen molar-refractivity contribution in [2.75, 3.05) is 0 Å². The van der Waals surface area contributed by atoms with Crippen molar-refractivity contribution in [3.05, 3.63) is 340 Å². The van der Waals surface area contributed by atoms with Gasteiger partial charge in [-0.3, -0.25) is 0 Å². The molecule has 0 saturated carbocycles. The van der Waals surface area contributed by atoms with Crippen LogP contribution in [0, 0.1) is 0 Å². The van der Waals surface area contributed by atoms with Crippen LogP contribution in [0.4, 0.5) is 0 Å². The molecular weight excluding hydrogens is 1800 g/mol. The van der Waals surface area contributed by atoms with E-state index >= 15 is 0 Å². The zero-order valence-corrected chi connectivity index (χ0v) is 92.4. The van der Waals surface area contributed by atoms with Gasteiger partial charge in [0.05, 0.1) is 77.8 Å². The van der Waals surface area contributed by atoms with Gasteiger partial charge in [0.15, 0.2) is 33.3 Å². The van der Waals surface area contributed by atoms with Crippen LogP contribution in [0.5, 0.6) is 0 Å². The van der Waals surface area contributed by atoms with Gasteiger partial charge in [0, 0.05) is 66.8 Å². The fourth-order valence-corrected chi connectivity index (χ4v) is 67.9. The number of hydrogen-bond donors (Lipinski definition) is 4. The average Bonchev–Trinajstić information content (AvgIpc) is 1.61. The number of H-pyrrole nitrogens is 4. The summed E-state index contributed by atoms with van der Waals surface area (Å²) in [5, 5.41) is 5.89. The lowest BCUT2D eigenvalue weighted by molar-refractivity contribution is 0.328. The Bertz CT molecular complexity index is 5890. The highest BCUT2D eigenvalue weighted by Gasteiger charge is 2.45. The van der Waals surface area contributed by atoms with Crippen LogP contribution in [0.25, 0.3) is 136 Å². The highest BCUT2D eigenvalue weighted by molar-refractivity contribution is 6.95. The summed E-state index contributed by atoms with van der Waals surface area (Å²) >= 11 is 0. The van der Waals surface area contributed by atoms with Crippen LogP contribution in [-0.4, -0.2) is 123 Å². The molecule has 4 N–H and O–H groups in total. The van der Waals surface area contributed by atoms with Crippen LogP contribution in [0.15, 0.2) is 340 Å². The minimum Gasteiger partial charge on any atom is -0.456 e. The van der Waals surface area contributed by atoms with E-state index in [-0.39, 0.29) is 0 Å². The Balaban J connectivity index is 0.000000206. The molecule has 688 valence electrons. The number of hydrogen-bond acceptors (Lipinski definition) is 8. The Kier molecular flexibility index (Phi) is 30.1. The first kappa shape index (κ1) is 98.0. The molecule has 134 heavy (non-hydrogen) atoms. The summed E-state index contributed by atoms with van der Waals surface area (Å²) in [6.07, 6.45) is 0. The molecule has 0 aliphatic carbocycles. The van der Waals surface area contributed by atoms with Crippen LogP contribution in [0.1, 0.15) is 0 Å². The number of imidazole rings is 4. The molecule has 0 amide bonds. The molecule has 0 spiro atoms. The van der Waals surface area contributed by atoms with Crippen LogP contribution >= 0.6 is 0 Å². The van der Waals surface area contributed by atoms with Gasteiger partial charge in [0.2, 0.25) is 0 Å². The molecule has 4 heterocycles. The highest BCUT2D eigenvalue weighted by atomic mass is 28.5. The maximum absolute atomic E-state index is 7.31. The third-order valence-corrected chi connectivity index (χ3v) is 64.6. The number of benzene rings is 12.